The van der Waals surface area contributed by atoms with E-state index < -0.39 is 0 Å². The summed E-state index contributed by atoms with van der Waals surface area (Å²) in [7, 11) is 1.81. The van der Waals surface area contributed by atoms with Gasteiger partial charge in [-0.05, 0) is 40.3 Å². The maximum atomic E-state index is 12.0. The van der Waals surface area contributed by atoms with Gasteiger partial charge in [-0.25, -0.2) is 0 Å². The molecule has 0 radical (unpaired) electrons. The second kappa shape index (κ2) is 7.95. The van der Waals surface area contributed by atoms with Crippen molar-refractivity contribution in [3.05, 3.63) is 44.8 Å². The first-order valence-corrected chi connectivity index (χ1v) is 8.61. The molecule has 6 heteroatoms. The Bertz CT molecular complexity index is 565. The standard InChI is InChI=1S/C15H18N2O2S2/c1-17(9-12-4-7-20-10-12)14(18)3-2-6-16-15(19)13-5-8-21-11-13/h4-5,7-8,10-11H,2-3,6,9H2,1H3,(H,16,19). The maximum absolute atomic E-state index is 12.0. The summed E-state index contributed by atoms with van der Waals surface area (Å²) in [6.45, 7) is 1.16. The van der Waals surface area contributed by atoms with Crippen molar-refractivity contribution < 1.29 is 9.59 Å². The molecule has 2 amide bonds. The number of hydrogen-bond donors (Lipinski definition) is 1. The molecule has 2 heterocycles. The molecule has 0 bridgehead atoms. The van der Waals surface area contributed by atoms with Crippen molar-refractivity contribution >= 4 is 34.5 Å². The van der Waals surface area contributed by atoms with Gasteiger partial charge in [0, 0.05) is 37.5 Å². The Hall–Kier alpha value is -1.66. The van der Waals surface area contributed by atoms with Gasteiger partial charge in [0.1, 0.15) is 0 Å². The summed E-state index contributed by atoms with van der Waals surface area (Å²) in [5, 5.41) is 10.6. The lowest BCUT2D eigenvalue weighted by molar-refractivity contribution is -0.130. The van der Waals surface area contributed by atoms with E-state index in [2.05, 4.69) is 5.32 Å². The lowest BCUT2D eigenvalue weighted by Crippen LogP contribution is -2.28. The van der Waals surface area contributed by atoms with Crippen LogP contribution in [0.2, 0.25) is 0 Å². The number of amides is 2. The quantitative estimate of drug-likeness (QED) is 0.797. The van der Waals surface area contributed by atoms with Gasteiger partial charge in [0.15, 0.2) is 0 Å². The highest BCUT2D eigenvalue weighted by Gasteiger charge is 2.10. The zero-order chi connectivity index (χ0) is 15.1. The zero-order valence-corrected chi connectivity index (χ0v) is 13.5. The third kappa shape index (κ3) is 4.99. The monoisotopic (exact) mass is 322 g/mol. The van der Waals surface area contributed by atoms with E-state index in [1.807, 2.05) is 34.6 Å². The van der Waals surface area contributed by atoms with E-state index in [0.29, 0.717) is 31.5 Å². The van der Waals surface area contributed by atoms with Crippen molar-refractivity contribution in [1.82, 2.24) is 10.2 Å². The molecule has 0 aromatic carbocycles. The fraction of sp³-hybridized carbons (Fsp3) is 0.333. The third-order valence-electron chi connectivity index (χ3n) is 3.06. The lowest BCUT2D eigenvalue weighted by Gasteiger charge is -2.16. The van der Waals surface area contributed by atoms with E-state index in [-0.39, 0.29) is 11.8 Å². The minimum Gasteiger partial charge on any atom is -0.352 e. The Kier molecular flexibility index (Phi) is 5.95. The summed E-state index contributed by atoms with van der Waals surface area (Å²) in [6.07, 6.45) is 1.10. The molecule has 2 aromatic rings. The van der Waals surface area contributed by atoms with E-state index in [1.54, 1.807) is 22.3 Å². The van der Waals surface area contributed by atoms with Crippen LogP contribution in [-0.4, -0.2) is 30.3 Å². The van der Waals surface area contributed by atoms with Gasteiger partial charge >= 0.3 is 0 Å². The first-order chi connectivity index (χ1) is 10.2. The smallest absolute Gasteiger partial charge is 0.252 e. The van der Waals surface area contributed by atoms with Crippen molar-refractivity contribution in [2.45, 2.75) is 19.4 Å². The Morgan fingerprint density at radius 3 is 2.62 bits per heavy atom. The number of carbonyl (C=O) groups is 2. The lowest BCUT2D eigenvalue weighted by atomic mass is 10.2. The van der Waals surface area contributed by atoms with Crippen LogP contribution >= 0.6 is 22.7 Å². The van der Waals surface area contributed by atoms with Crippen LogP contribution in [0.25, 0.3) is 0 Å². The van der Waals surface area contributed by atoms with Crippen molar-refractivity contribution in [3.8, 4) is 0 Å². The first-order valence-electron chi connectivity index (χ1n) is 6.72. The first kappa shape index (κ1) is 15.7. The second-order valence-electron chi connectivity index (χ2n) is 4.75. The average Bonchev–Trinajstić information content (AvgIpc) is 3.15. The molecule has 112 valence electrons. The molecule has 1 N–H and O–H groups in total. The van der Waals surface area contributed by atoms with Crippen LogP contribution in [0, 0.1) is 0 Å². The number of nitrogens with zero attached hydrogens (tertiary/aromatic N) is 1. The van der Waals surface area contributed by atoms with Gasteiger partial charge in [-0.3, -0.25) is 9.59 Å². The minimum absolute atomic E-state index is 0.0738. The van der Waals surface area contributed by atoms with Crippen LogP contribution in [-0.2, 0) is 11.3 Å². The van der Waals surface area contributed by atoms with Crippen molar-refractivity contribution in [3.63, 3.8) is 0 Å². The Morgan fingerprint density at radius 1 is 1.19 bits per heavy atom. The molecule has 0 saturated carbocycles. The number of carbonyl (C=O) groups excluding carboxylic acids is 2. The normalized spacial score (nSPS) is 10.3. The summed E-state index contributed by atoms with van der Waals surface area (Å²) < 4.78 is 0. The van der Waals surface area contributed by atoms with Crippen LogP contribution in [0.15, 0.2) is 33.7 Å². The number of nitrogens with one attached hydrogen (secondary N) is 1. The molecule has 0 aliphatic heterocycles. The SMILES string of the molecule is CN(Cc1ccsc1)C(=O)CCCNC(=O)c1ccsc1. The summed E-state index contributed by atoms with van der Waals surface area (Å²) in [6, 6.07) is 3.81. The van der Waals surface area contributed by atoms with Gasteiger partial charge in [0.2, 0.25) is 5.91 Å². The molecular weight excluding hydrogens is 304 g/mol. The van der Waals surface area contributed by atoms with Crippen LogP contribution in [0.5, 0.6) is 0 Å². The van der Waals surface area contributed by atoms with Gasteiger partial charge in [-0.15, -0.1) is 0 Å². The second-order valence-corrected chi connectivity index (χ2v) is 6.31. The maximum Gasteiger partial charge on any atom is 0.252 e. The fourth-order valence-corrected chi connectivity index (χ4v) is 3.17. The van der Waals surface area contributed by atoms with Crippen LogP contribution in [0.4, 0.5) is 0 Å². The summed E-state index contributed by atoms with van der Waals surface area (Å²) in [5.41, 5.74) is 1.84. The minimum atomic E-state index is -0.0738. The molecule has 21 heavy (non-hydrogen) atoms. The van der Waals surface area contributed by atoms with E-state index in [4.69, 9.17) is 0 Å². The highest BCUT2D eigenvalue weighted by molar-refractivity contribution is 7.08. The van der Waals surface area contributed by atoms with Gasteiger partial charge in [0.05, 0.1) is 0 Å². The molecule has 4 nitrogen and oxygen atoms in total. The van der Waals surface area contributed by atoms with Crippen LogP contribution in [0.1, 0.15) is 28.8 Å². The van der Waals surface area contributed by atoms with E-state index in [1.165, 1.54) is 11.3 Å². The summed E-state index contributed by atoms with van der Waals surface area (Å²) in [5.74, 6) is 0.0290. The summed E-state index contributed by atoms with van der Waals surface area (Å²) in [4.78, 5) is 25.4. The fourth-order valence-electron chi connectivity index (χ4n) is 1.87. The van der Waals surface area contributed by atoms with Gasteiger partial charge in [-0.2, -0.15) is 22.7 Å². The predicted molar refractivity (Wildman–Crippen MR) is 86.7 cm³/mol. The largest absolute Gasteiger partial charge is 0.352 e. The van der Waals surface area contributed by atoms with E-state index >= 15 is 0 Å². The van der Waals surface area contributed by atoms with Crippen LogP contribution < -0.4 is 5.32 Å². The highest BCUT2D eigenvalue weighted by Crippen LogP contribution is 2.09. The van der Waals surface area contributed by atoms with Crippen LogP contribution in [0.3, 0.4) is 0 Å². The van der Waals surface area contributed by atoms with Crippen molar-refractivity contribution in [2.24, 2.45) is 0 Å². The predicted octanol–water partition coefficient (Wildman–Crippen LogP) is 2.98. The Morgan fingerprint density at radius 2 is 1.95 bits per heavy atom. The van der Waals surface area contributed by atoms with Gasteiger partial charge < -0.3 is 10.2 Å². The number of hydrogen-bond acceptors (Lipinski definition) is 4. The molecule has 0 unspecified atom stereocenters. The average molecular weight is 322 g/mol. The van der Waals surface area contributed by atoms with Gasteiger partial charge in [-0.1, -0.05) is 0 Å². The molecule has 0 aliphatic carbocycles. The molecule has 0 fully saturated rings. The van der Waals surface area contributed by atoms with E-state index in [9.17, 15) is 9.59 Å². The zero-order valence-electron chi connectivity index (χ0n) is 11.9. The summed E-state index contributed by atoms with van der Waals surface area (Å²) >= 11 is 3.13. The molecule has 0 spiro atoms. The van der Waals surface area contributed by atoms with Gasteiger partial charge in [0.25, 0.3) is 5.91 Å². The number of rotatable bonds is 7. The Balaban J connectivity index is 1.64. The van der Waals surface area contributed by atoms with Crippen molar-refractivity contribution in [2.75, 3.05) is 13.6 Å². The molecule has 0 saturated heterocycles. The van der Waals surface area contributed by atoms with Crippen molar-refractivity contribution in [1.29, 1.82) is 0 Å². The number of thiophene rings is 2. The molecule has 2 rings (SSSR count). The molecule has 0 aliphatic rings. The molecule has 0 atom stereocenters. The Labute approximate surface area is 132 Å². The molecular formula is C15H18N2O2S2. The third-order valence-corrected chi connectivity index (χ3v) is 4.48. The topological polar surface area (TPSA) is 49.4 Å². The molecule has 2 aromatic heterocycles. The van der Waals surface area contributed by atoms with E-state index in [0.717, 1.165) is 5.56 Å². The highest BCUT2D eigenvalue weighted by atomic mass is 32.1.